The largest absolute Gasteiger partial charge is 0.378 e. The van der Waals surface area contributed by atoms with Gasteiger partial charge in [0.05, 0.1) is 29.6 Å². The van der Waals surface area contributed by atoms with Crippen LogP contribution in [0.1, 0.15) is 25.5 Å². The van der Waals surface area contributed by atoms with E-state index >= 15 is 0 Å². The molecule has 0 aliphatic carbocycles. The molecule has 0 atom stereocenters. The van der Waals surface area contributed by atoms with Gasteiger partial charge in [0.1, 0.15) is 5.52 Å². The zero-order valence-corrected chi connectivity index (χ0v) is 13.0. The molecule has 2 aromatic rings. The average molecular weight is 343 g/mol. The lowest BCUT2D eigenvalue weighted by atomic mass is 10.1. The van der Waals surface area contributed by atoms with Crippen molar-refractivity contribution >= 4 is 27.4 Å². The molecular weight excluding hydrogens is 327 g/mol. The number of nitrogens with zero attached hydrogens (tertiary/aromatic N) is 4. The second kappa shape index (κ2) is 5.29. The van der Waals surface area contributed by atoms with Crippen LogP contribution in [-0.2, 0) is 4.74 Å². The van der Waals surface area contributed by atoms with E-state index in [1.165, 1.54) is 6.20 Å². The summed E-state index contributed by atoms with van der Waals surface area (Å²) in [6, 6.07) is 0. The molecule has 0 aromatic carbocycles. The van der Waals surface area contributed by atoms with Gasteiger partial charge < -0.3 is 9.64 Å². The Bertz CT molecular complexity index is 637. The van der Waals surface area contributed by atoms with Crippen molar-refractivity contribution in [2.45, 2.75) is 19.8 Å². The summed E-state index contributed by atoms with van der Waals surface area (Å²) in [6.45, 7) is 6.85. The number of morpholine rings is 1. The first-order valence-electron chi connectivity index (χ1n) is 6.65. The van der Waals surface area contributed by atoms with E-state index in [9.17, 15) is 4.39 Å². The summed E-state index contributed by atoms with van der Waals surface area (Å²) < 4.78 is 21.7. The standard InChI is InChI=1S/C13H16BrFN4O/c1-8(2)11-10(14)12-9(15)7-16-13(19(12)17-11)18-3-5-20-6-4-18/h7-8H,3-6H2,1-2H3. The highest BCUT2D eigenvalue weighted by Crippen LogP contribution is 2.31. The Kier molecular flexibility index (Phi) is 3.64. The van der Waals surface area contributed by atoms with Crippen LogP contribution in [0.5, 0.6) is 0 Å². The van der Waals surface area contributed by atoms with Crippen LogP contribution in [0.2, 0.25) is 0 Å². The van der Waals surface area contributed by atoms with Crippen LogP contribution in [0, 0.1) is 5.82 Å². The molecule has 3 rings (SSSR count). The van der Waals surface area contributed by atoms with Crippen molar-refractivity contribution in [1.29, 1.82) is 0 Å². The highest BCUT2D eigenvalue weighted by atomic mass is 79.9. The monoisotopic (exact) mass is 342 g/mol. The van der Waals surface area contributed by atoms with Gasteiger partial charge in [-0.3, -0.25) is 0 Å². The third-order valence-electron chi connectivity index (χ3n) is 3.40. The molecule has 0 unspecified atom stereocenters. The number of hydrogen-bond donors (Lipinski definition) is 0. The average Bonchev–Trinajstić information content (AvgIpc) is 2.79. The van der Waals surface area contributed by atoms with Gasteiger partial charge >= 0.3 is 0 Å². The maximum Gasteiger partial charge on any atom is 0.227 e. The molecule has 0 amide bonds. The fourth-order valence-electron chi connectivity index (χ4n) is 2.34. The van der Waals surface area contributed by atoms with Gasteiger partial charge in [-0.2, -0.15) is 9.61 Å². The molecule has 0 radical (unpaired) electrons. The van der Waals surface area contributed by atoms with Crippen LogP contribution in [-0.4, -0.2) is 40.9 Å². The summed E-state index contributed by atoms with van der Waals surface area (Å²) in [5.74, 6) is 0.506. The van der Waals surface area contributed by atoms with E-state index in [4.69, 9.17) is 4.74 Å². The number of halogens is 2. The van der Waals surface area contributed by atoms with E-state index < -0.39 is 0 Å². The third kappa shape index (κ3) is 2.18. The molecule has 1 aliphatic heterocycles. The lowest BCUT2D eigenvalue weighted by Gasteiger charge is -2.27. The van der Waals surface area contributed by atoms with Crippen molar-refractivity contribution in [1.82, 2.24) is 14.6 Å². The quantitative estimate of drug-likeness (QED) is 0.841. The summed E-state index contributed by atoms with van der Waals surface area (Å²) >= 11 is 3.47. The number of ether oxygens (including phenoxy) is 1. The SMILES string of the molecule is CC(C)c1nn2c(N3CCOCC3)ncc(F)c2c1Br. The van der Waals surface area contributed by atoms with E-state index in [1.54, 1.807) is 4.52 Å². The molecule has 0 spiro atoms. The third-order valence-corrected chi connectivity index (χ3v) is 4.18. The highest BCUT2D eigenvalue weighted by molar-refractivity contribution is 9.10. The van der Waals surface area contributed by atoms with E-state index in [0.29, 0.717) is 29.2 Å². The molecule has 1 saturated heterocycles. The molecule has 0 bridgehead atoms. The summed E-state index contributed by atoms with van der Waals surface area (Å²) in [5, 5.41) is 4.53. The van der Waals surface area contributed by atoms with Crippen LogP contribution in [0.4, 0.5) is 10.3 Å². The Labute approximate surface area is 124 Å². The van der Waals surface area contributed by atoms with Crippen molar-refractivity contribution in [3.05, 3.63) is 22.2 Å². The first kappa shape index (κ1) is 13.8. The summed E-state index contributed by atoms with van der Waals surface area (Å²) in [4.78, 5) is 6.29. The molecule has 2 aromatic heterocycles. The molecule has 7 heteroatoms. The Morgan fingerprint density at radius 1 is 1.35 bits per heavy atom. The molecule has 0 N–H and O–H groups in total. The second-order valence-electron chi connectivity index (χ2n) is 5.12. The second-order valence-corrected chi connectivity index (χ2v) is 5.91. The predicted molar refractivity (Wildman–Crippen MR) is 77.8 cm³/mol. The Morgan fingerprint density at radius 3 is 2.70 bits per heavy atom. The van der Waals surface area contributed by atoms with Crippen LogP contribution < -0.4 is 4.90 Å². The lowest BCUT2D eigenvalue weighted by Crippen LogP contribution is -2.38. The minimum atomic E-state index is -0.367. The molecule has 3 heterocycles. The van der Waals surface area contributed by atoms with E-state index in [-0.39, 0.29) is 11.7 Å². The molecule has 0 saturated carbocycles. The van der Waals surface area contributed by atoms with Gasteiger partial charge in [0, 0.05) is 13.1 Å². The zero-order valence-electron chi connectivity index (χ0n) is 11.4. The van der Waals surface area contributed by atoms with Crippen LogP contribution in [0.3, 0.4) is 0 Å². The van der Waals surface area contributed by atoms with E-state index in [1.807, 2.05) is 13.8 Å². The maximum atomic E-state index is 14.1. The first-order valence-corrected chi connectivity index (χ1v) is 7.44. The summed E-state index contributed by atoms with van der Waals surface area (Å²) in [5.41, 5.74) is 1.29. The van der Waals surface area contributed by atoms with E-state index in [2.05, 4.69) is 30.9 Å². The number of hydrogen-bond acceptors (Lipinski definition) is 4. The minimum Gasteiger partial charge on any atom is -0.378 e. The molecule has 5 nitrogen and oxygen atoms in total. The Hall–Kier alpha value is -1.21. The van der Waals surface area contributed by atoms with Gasteiger partial charge in [0.15, 0.2) is 5.82 Å². The molecule has 108 valence electrons. The summed E-state index contributed by atoms with van der Waals surface area (Å²) in [6.07, 6.45) is 1.26. The topological polar surface area (TPSA) is 42.7 Å². The van der Waals surface area contributed by atoms with Gasteiger partial charge in [-0.05, 0) is 21.8 Å². The normalized spacial score (nSPS) is 16.4. The lowest BCUT2D eigenvalue weighted by molar-refractivity contribution is 0.121. The maximum absolute atomic E-state index is 14.1. The van der Waals surface area contributed by atoms with Crippen molar-refractivity contribution in [2.24, 2.45) is 0 Å². The van der Waals surface area contributed by atoms with Gasteiger partial charge in [0.25, 0.3) is 0 Å². The smallest absolute Gasteiger partial charge is 0.227 e. The first-order chi connectivity index (χ1) is 9.59. The molecule has 20 heavy (non-hydrogen) atoms. The van der Waals surface area contributed by atoms with Gasteiger partial charge in [-0.25, -0.2) is 9.37 Å². The van der Waals surface area contributed by atoms with Gasteiger partial charge in [-0.15, -0.1) is 0 Å². The van der Waals surface area contributed by atoms with Gasteiger partial charge in [-0.1, -0.05) is 13.8 Å². The fourth-order valence-corrected chi connectivity index (χ4v) is 3.24. The predicted octanol–water partition coefficient (Wildman–Crippen LogP) is 2.59. The summed E-state index contributed by atoms with van der Waals surface area (Å²) in [7, 11) is 0. The number of anilines is 1. The van der Waals surface area contributed by atoms with E-state index in [0.717, 1.165) is 18.8 Å². The van der Waals surface area contributed by atoms with Gasteiger partial charge in [0.2, 0.25) is 5.95 Å². The Morgan fingerprint density at radius 2 is 2.05 bits per heavy atom. The highest BCUT2D eigenvalue weighted by Gasteiger charge is 2.22. The number of aromatic nitrogens is 3. The van der Waals surface area contributed by atoms with Crippen LogP contribution >= 0.6 is 15.9 Å². The zero-order chi connectivity index (χ0) is 14.3. The molecule has 1 aliphatic rings. The fraction of sp³-hybridized carbons (Fsp3) is 0.538. The van der Waals surface area contributed by atoms with Crippen molar-refractivity contribution in [2.75, 3.05) is 31.2 Å². The van der Waals surface area contributed by atoms with Crippen molar-refractivity contribution in [3.8, 4) is 0 Å². The van der Waals surface area contributed by atoms with Crippen LogP contribution in [0.25, 0.3) is 5.52 Å². The van der Waals surface area contributed by atoms with Crippen molar-refractivity contribution < 1.29 is 9.13 Å². The molecule has 1 fully saturated rings. The molecular formula is C13H16BrFN4O. The van der Waals surface area contributed by atoms with Crippen LogP contribution in [0.15, 0.2) is 10.7 Å². The Balaban J connectivity index is 2.18. The number of fused-ring (bicyclic) bond motifs is 1. The number of rotatable bonds is 2. The minimum absolute atomic E-state index is 0.209. The van der Waals surface area contributed by atoms with Crippen molar-refractivity contribution in [3.63, 3.8) is 0 Å².